The van der Waals surface area contributed by atoms with E-state index in [9.17, 15) is 9.59 Å². The molecule has 0 fully saturated rings. The van der Waals surface area contributed by atoms with E-state index < -0.39 is 6.03 Å². The number of aromatic nitrogens is 4. The largest absolute Gasteiger partial charge is 0.336 e. The lowest BCUT2D eigenvalue weighted by molar-refractivity contribution is -0.117. The first-order valence-electron chi connectivity index (χ1n) is 7.00. The van der Waals surface area contributed by atoms with Crippen LogP contribution in [-0.2, 0) is 11.8 Å². The molecule has 0 aliphatic rings. The van der Waals surface area contributed by atoms with E-state index in [0.717, 1.165) is 5.56 Å². The van der Waals surface area contributed by atoms with E-state index in [2.05, 4.69) is 25.8 Å². The molecule has 122 valence electrons. The van der Waals surface area contributed by atoms with Crippen molar-refractivity contribution < 1.29 is 9.59 Å². The van der Waals surface area contributed by atoms with Crippen molar-refractivity contribution in [2.45, 2.75) is 25.0 Å². The minimum atomic E-state index is -0.499. The summed E-state index contributed by atoms with van der Waals surface area (Å²) in [6, 6.07) is 3.14. The van der Waals surface area contributed by atoms with Crippen LogP contribution in [0.15, 0.2) is 29.7 Å². The van der Waals surface area contributed by atoms with Crippen LogP contribution < -0.4 is 10.6 Å². The molecule has 2 aromatic heterocycles. The second kappa shape index (κ2) is 7.73. The first kappa shape index (κ1) is 16.9. The maximum absolute atomic E-state index is 11.7. The number of nitrogens with zero attached hydrogens (tertiary/aromatic N) is 4. The Balaban J connectivity index is 1.93. The summed E-state index contributed by atoms with van der Waals surface area (Å²) in [4.78, 5) is 27.1. The van der Waals surface area contributed by atoms with E-state index in [1.807, 2.05) is 33.0 Å². The van der Waals surface area contributed by atoms with Gasteiger partial charge in [0.05, 0.1) is 5.75 Å². The first-order chi connectivity index (χ1) is 11.0. The molecule has 0 spiro atoms. The van der Waals surface area contributed by atoms with Gasteiger partial charge in [-0.1, -0.05) is 11.8 Å². The lowest BCUT2D eigenvalue weighted by Gasteiger charge is -2.08. The number of imide groups is 1. The summed E-state index contributed by atoms with van der Waals surface area (Å²) in [5.74, 6) is 0.378. The summed E-state index contributed by atoms with van der Waals surface area (Å²) < 4.78 is 1.79. The third kappa shape index (κ3) is 4.78. The Hall–Kier alpha value is -2.42. The molecule has 0 unspecified atom stereocenters. The van der Waals surface area contributed by atoms with E-state index >= 15 is 0 Å². The fourth-order valence-corrected chi connectivity index (χ4v) is 2.50. The average Bonchev–Trinajstić information content (AvgIpc) is 2.86. The zero-order chi connectivity index (χ0) is 16.8. The first-order valence-corrected chi connectivity index (χ1v) is 7.99. The number of hydrogen-bond donors (Lipinski definition) is 2. The number of nitrogens with one attached hydrogen (secondary N) is 2. The monoisotopic (exact) mass is 334 g/mol. The van der Waals surface area contributed by atoms with Gasteiger partial charge in [0, 0.05) is 31.0 Å². The van der Waals surface area contributed by atoms with E-state index in [1.165, 1.54) is 11.8 Å². The molecule has 3 amide bonds. The second-order valence-electron chi connectivity index (χ2n) is 5.07. The topological polar surface area (TPSA) is 102 Å². The molecule has 9 heteroatoms. The molecule has 0 bridgehead atoms. The molecule has 0 aliphatic carbocycles. The number of amides is 3. The minimum absolute atomic E-state index is 0.0305. The van der Waals surface area contributed by atoms with Crippen LogP contribution in [0.5, 0.6) is 0 Å². The molecule has 2 rings (SSSR count). The number of pyridine rings is 1. The maximum atomic E-state index is 11.7. The van der Waals surface area contributed by atoms with Gasteiger partial charge in [0.2, 0.25) is 5.91 Å². The van der Waals surface area contributed by atoms with Crippen LogP contribution >= 0.6 is 11.8 Å². The molecule has 0 saturated heterocycles. The molecule has 2 heterocycles. The highest BCUT2D eigenvalue weighted by Gasteiger charge is 2.14. The Labute approximate surface area is 138 Å². The molecule has 2 aromatic rings. The third-order valence-electron chi connectivity index (χ3n) is 2.78. The summed E-state index contributed by atoms with van der Waals surface area (Å²) in [6.07, 6.45) is 3.36. The minimum Gasteiger partial charge on any atom is -0.336 e. The van der Waals surface area contributed by atoms with E-state index in [-0.39, 0.29) is 17.7 Å². The van der Waals surface area contributed by atoms with Crippen molar-refractivity contribution in [3.8, 4) is 11.4 Å². The fraction of sp³-hybridized carbons (Fsp3) is 0.357. The average molecular weight is 334 g/mol. The highest BCUT2D eigenvalue weighted by molar-refractivity contribution is 7.99. The van der Waals surface area contributed by atoms with Gasteiger partial charge in [0.15, 0.2) is 11.0 Å². The molecule has 8 nitrogen and oxygen atoms in total. The van der Waals surface area contributed by atoms with Gasteiger partial charge in [0.25, 0.3) is 0 Å². The number of carbonyl (C=O) groups is 2. The zero-order valence-electron chi connectivity index (χ0n) is 13.1. The summed E-state index contributed by atoms with van der Waals surface area (Å²) in [5, 5.41) is 13.6. The van der Waals surface area contributed by atoms with Gasteiger partial charge in [-0.05, 0) is 26.0 Å². The molecule has 0 saturated carbocycles. The summed E-state index contributed by atoms with van der Waals surface area (Å²) in [7, 11) is 1.82. The lowest BCUT2D eigenvalue weighted by Crippen LogP contribution is -2.43. The van der Waals surface area contributed by atoms with Gasteiger partial charge in [-0.25, -0.2) is 4.79 Å². The number of thioether (sulfide) groups is 1. The van der Waals surface area contributed by atoms with Crippen molar-refractivity contribution >= 4 is 23.7 Å². The van der Waals surface area contributed by atoms with Crippen LogP contribution in [0.4, 0.5) is 4.79 Å². The molecule has 0 aliphatic heterocycles. The summed E-state index contributed by atoms with van der Waals surface area (Å²) in [6.45, 7) is 3.64. The number of carbonyl (C=O) groups excluding carboxylic acids is 2. The van der Waals surface area contributed by atoms with Crippen LogP contribution in [0.1, 0.15) is 13.8 Å². The Bertz CT molecular complexity index is 686. The molecule has 2 N–H and O–H groups in total. The maximum Gasteiger partial charge on any atom is 0.321 e. The lowest BCUT2D eigenvalue weighted by atomic mass is 10.2. The smallest absolute Gasteiger partial charge is 0.321 e. The summed E-state index contributed by atoms with van der Waals surface area (Å²) in [5.41, 5.74) is 0.891. The van der Waals surface area contributed by atoms with Crippen LogP contribution in [0, 0.1) is 0 Å². The number of rotatable bonds is 5. The molecular weight excluding hydrogens is 316 g/mol. The van der Waals surface area contributed by atoms with Crippen molar-refractivity contribution in [3.05, 3.63) is 24.5 Å². The van der Waals surface area contributed by atoms with Gasteiger partial charge in [-0.2, -0.15) is 0 Å². The predicted octanol–water partition coefficient (Wildman–Crippen LogP) is 1.20. The third-order valence-corrected chi connectivity index (χ3v) is 3.80. The van der Waals surface area contributed by atoms with Crippen LogP contribution in [0.25, 0.3) is 11.4 Å². The molecule has 0 radical (unpaired) electrons. The van der Waals surface area contributed by atoms with Crippen molar-refractivity contribution in [1.29, 1.82) is 0 Å². The SMILES string of the molecule is CC(C)NC(=O)NC(=O)CSc1nnc(-c2ccncc2)n1C. The van der Waals surface area contributed by atoms with Crippen LogP contribution in [-0.4, -0.2) is 43.5 Å². The van der Waals surface area contributed by atoms with E-state index in [4.69, 9.17) is 0 Å². The Morgan fingerprint density at radius 1 is 1.26 bits per heavy atom. The zero-order valence-corrected chi connectivity index (χ0v) is 13.9. The van der Waals surface area contributed by atoms with Gasteiger partial charge >= 0.3 is 6.03 Å². The van der Waals surface area contributed by atoms with Crippen LogP contribution in [0.2, 0.25) is 0 Å². The van der Waals surface area contributed by atoms with Crippen molar-refractivity contribution in [2.24, 2.45) is 7.05 Å². The van der Waals surface area contributed by atoms with Crippen molar-refractivity contribution in [1.82, 2.24) is 30.4 Å². The van der Waals surface area contributed by atoms with Crippen molar-refractivity contribution in [3.63, 3.8) is 0 Å². The second-order valence-corrected chi connectivity index (χ2v) is 6.01. The van der Waals surface area contributed by atoms with E-state index in [0.29, 0.717) is 11.0 Å². The molecule has 0 aromatic carbocycles. The van der Waals surface area contributed by atoms with Gasteiger partial charge in [-0.3, -0.25) is 15.1 Å². The standard InChI is InChI=1S/C14H18N6O2S/c1-9(2)16-13(22)17-11(21)8-23-14-19-18-12(20(14)3)10-4-6-15-7-5-10/h4-7,9H,8H2,1-3H3,(H2,16,17,21,22). The molecular formula is C14H18N6O2S. The predicted molar refractivity (Wildman–Crippen MR) is 86.8 cm³/mol. The Morgan fingerprint density at radius 3 is 2.61 bits per heavy atom. The molecule has 23 heavy (non-hydrogen) atoms. The Morgan fingerprint density at radius 2 is 1.96 bits per heavy atom. The normalized spacial score (nSPS) is 10.6. The number of urea groups is 1. The van der Waals surface area contributed by atoms with Gasteiger partial charge in [-0.15, -0.1) is 10.2 Å². The quantitative estimate of drug-likeness (QED) is 0.797. The van der Waals surface area contributed by atoms with Gasteiger partial charge in [0.1, 0.15) is 0 Å². The van der Waals surface area contributed by atoms with Crippen LogP contribution in [0.3, 0.4) is 0 Å². The summed E-state index contributed by atoms with van der Waals surface area (Å²) >= 11 is 1.21. The van der Waals surface area contributed by atoms with Gasteiger partial charge < -0.3 is 9.88 Å². The highest BCUT2D eigenvalue weighted by atomic mass is 32.2. The van der Waals surface area contributed by atoms with E-state index in [1.54, 1.807) is 17.0 Å². The highest BCUT2D eigenvalue weighted by Crippen LogP contribution is 2.21. The fourth-order valence-electron chi connectivity index (χ4n) is 1.78. The van der Waals surface area contributed by atoms with Crippen molar-refractivity contribution in [2.75, 3.05) is 5.75 Å². The number of hydrogen-bond acceptors (Lipinski definition) is 6. The molecule has 0 atom stereocenters. The Kier molecular flexibility index (Phi) is 5.69.